The molecule has 28 heavy (non-hydrogen) atoms. The van der Waals surface area contributed by atoms with Gasteiger partial charge in [-0.2, -0.15) is 0 Å². The number of nitrogens with one attached hydrogen (secondary N) is 1. The number of thioether (sulfide) groups is 2. The fraction of sp³-hybridized carbons (Fsp3) is 0.474. The van der Waals surface area contributed by atoms with Crippen LogP contribution in [0.2, 0.25) is 0 Å². The van der Waals surface area contributed by atoms with Gasteiger partial charge in [0.1, 0.15) is 5.82 Å². The van der Waals surface area contributed by atoms with Gasteiger partial charge in [0.25, 0.3) is 0 Å². The smallest absolute Gasteiger partial charge is 0.225 e. The molecule has 0 saturated heterocycles. The molecule has 7 nitrogen and oxygen atoms in total. The van der Waals surface area contributed by atoms with Crippen molar-refractivity contribution in [2.24, 2.45) is 11.7 Å². The molecule has 0 bridgehead atoms. The summed E-state index contributed by atoms with van der Waals surface area (Å²) in [6, 6.07) is 7.75. The number of rotatable bonds is 11. The van der Waals surface area contributed by atoms with E-state index in [9.17, 15) is 9.59 Å². The van der Waals surface area contributed by atoms with Gasteiger partial charge in [0, 0.05) is 36.5 Å². The second-order valence-corrected chi connectivity index (χ2v) is 8.63. The van der Waals surface area contributed by atoms with E-state index in [1.54, 1.807) is 11.8 Å². The van der Waals surface area contributed by atoms with E-state index in [2.05, 4.69) is 29.4 Å². The van der Waals surface area contributed by atoms with Crippen LogP contribution in [0.3, 0.4) is 0 Å². The zero-order chi connectivity index (χ0) is 20.5. The van der Waals surface area contributed by atoms with Crippen molar-refractivity contribution in [3.63, 3.8) is 0 Å². The van der Waals surface area contributed by atoms with Gasteiger partial charge >= 0.3 is 0 Å². The van der Waals surface area contributed by atoms with Gasteiger partial charge in [-0.3, -0.25) is 9.59 Å². The Morgan fingerprint density at radius 1 is 1.21 bits per heavy atom. The summed E-state index contributed by atoms with van der Waals surface area (Å²) in [4.78, 5) is 24.4. The molecule has 0 fully saturated rings. The molecule has 0 aliphatic heterocycles. The standard InChI is InChI=1S/C19H27N5O2S2/c1-13(2)12-24-17(9-8-16(20)25)22-23-19(24)28-11-10-18(26)21-14-6-4-5-7-15(14)27-3/h4-7,13H,8-12H2,1-3H3,(H2,20,25)(H,21,26). The van der Waals surface area contributed by atoms with Crippen LogP contribution in [0.25, 0.3) is 0 Å². The highest BCUT2D eigenvalue weighted by atomic mass is 32.2. The molecule has 2 rings (SSSR count). The van der Waals surface area contributed by atoms with Crippen molar-refractivity contribution in [2.45, 2.75) is 49.7 Å². The Morgan fingerprint density at radius 2 is 1.96 bits per heavy atom. The first kappa shape index (κ1) is 22.3. The molecule has 0 spiro atoms. The molecule has 0 radical (unpaired) electrons. The predicted molar refractivity (Wildman–Crippen MR) is 115 cm³/mol. The number of hydrogen-bond acceptors (Lipinski definition) is 6. The maximum atomic E-state index is 12.3. The molecular weight excluding hydrogens is 394 g/mol. The van der Waals surface area contributed by atoms with Crippen LogP contribution in [-0.2, 0) is 22.6 Å². The summed E-state index contributed by atoms with van der Waals surface area (Å²) in [5, 5.41) is 12.2. The lowest BCUT2D eigenvalue weighted by molar-refractivity contribution is -0.118. The molecule has 152 valence electrons. The molecule has 9 heteroatoms. The number of hydrogen-bond donors (Lipinski definition) is 2. The van der Waals surface area contributed by atoms with Crippen molar-refractivity contribution in [1.82, 2.24) is 14.8 Å². The monoisotopic (exact) mass is 421 g/mol. The molecule has 0 aliphatic carbocycles. The first-order valence-electron chi connectivity index (χ1n) is 9.16. The summed E-state index contributed by atoms with van der Waals surface area (Å²) in [7, 11) is 0. The molecule has 1 aromatic carbocycles. The summed E-state index contributed by atoms with van der Waals surface area (Å²) in [5.74, 6) is 1.38. The molecule has 0 atom stereocenters. The van der Waals surface area contributed by atoms with Gasteiger partial charge in [0.05, 0.1) is 5.69 Å². The Labute approximate surface area is 174 Å². The minimum atomic E-state index is -0.351. The Hall–Kier alpha value is -2.00. The summed E-state index contributed by atoms with van der Waals surface area (Å²) in [6.07, 6.45) is 3.08. The summed E-state index contributed by atoms with van der Waals surface area (Å²) < 4.78 is 2.03. The van der Waals surface area contributed by atoms with E-state index >= 15 is 0 Å². The number of aromatic nitrogens is 3. The first-order valence-corrected chi connectivity index (χ1v) is 11.4. The number of nitrogens with two attached hydrogens (primary N) is 1. The average Bonchev–Trinajstić information content (AvgIpc) is 3.01. The lowest BCUT2D eigenvalue weighted by Gasteiger charge is -2.12. The zero-order valence-corrected chi connectivity index (χ0v) is 18.1. The van der Waals surface area contributed by atoms with Crippen molar-refractivity contribution in [3.8, 4) is 0 Å². The van der Waals surface area contributed by atoms with Gasteiger partial charge < -0.3 is 15.6 Å². The summed E-state index contributed by atoms with van der Waals surface area (Å²) in [6.45, 7) is 4.99. The van der Waals surface area contributed by atoms with Gasteiger partial charge in [0.2, 0.25) is 11.8 Å². The lowest BCUT2D eigenvalue weighted by Crippen LogP contribution is -2.15. The quantitative estimate of drug-likeness (QED) is 0.540. The maximum Gasteiger partial charge on any atom is 0.225 e. The number of aryl methyl sites for hydroxylation is 1. The second-order valence-electron chi connectivity index (χ2n) is 6.72. The Morgan fingerprint density at radius 3 is 2.64 bits per heavy atom. The topological polar surface area (TPSA) is 103 Å². The largest absolute Gasteiger partial charge is 0.370 e. The fourth-order valence-corrected chi connectivity index (χ4v) is 4.05. The van der Waals surface area contributed by atoms with E-state index in [-0.39, 0.29) is 18.2 Å². The fourth-order valence-electron chi connectivity index (χ4n) is 2.59. The highest BCUT2D eigenvalue weighted by Crippen LogP contribution is 2.25. The predicted octanol–water partition coefficient (Wildman–Crippen LogP) is 3.19. The zero-order valence-electron chi connectivity index (χ0n) is 16.5. The van der Waals surface area contributed by atoms with E-state index in [1.165, 1.54) is 11.8 Å². The minimum absolute atomic E-state index is 0.0297. The van der Waals surface area contributed by atoms with Gasteiger partial charge in [-0.25, -0.2) is 0 Å². The van der Waals surface area contributed by atoms with E-state index in [4.69, 9.17) is 5.73 Å². The number of primary amides is 1. The molecular formula is C19H27N5O2S2. The summed E-state index contributed by atoms with van der Waals surface area (Å²) in [5.41, 5.74) is 6.08. The molecule has 0 unspecified atom stereocenters. The number of anilines is 1. The second kappa shape index (κ2) is 11.1. The SMILES string of the molecule is CSc1ccccc1NC(=O)CCSc1nnc(CCC(N)=O)n1CC(C)C. The van der Waals surface area contributed by atoms with E-state index < -0.39 is 0 Å². The number of benzene rings is 1. The van der Waals surface area contributed by atoms with Crippen molar-refractivity contribution >= 4 is 41.0 Å². The third-order valence-electron chi connectivity index (χ3n) is 3.88. The first-order chi connectivity index (χ1) is 13.4. The Balaban J connectivity index is 1.94. The number of carbonyl (C=O) groups excluding carboxylic acids is 2. The van der Waals surface area contributed by atoms with Gasteiger partial charge in [-0.05, 0) is 24.3 Å². The van der Waals surface area contributed by atoms with Crippen molar-refractivity contribution in [1.29, 1.82) is 0 Å². The van der Waals surface area contributed by atoms with Crippen LogP contribution >= 0.6 is 23.5 Å². The molecule has 0 saturated carbocycles. The van der Waals surface area contributed by atoms with Gasteiger partial charge in [-0.15, -0.1) is 22.0 Å². The number of carbonyl (C=O) groups is 2. The number of para-hydroxylation sites is 1. The van der Waals surface area contributed by atoms with Crippen LogP contribution in [-0.4, -0.2) is 38.6 Å². The van der Waals surface area contributed by atoms with Crippen molar-refractivity contribution < 1.29 is 9.59 Å². The highest BCUT2D eigenvalue weighted by Gasteiger charge is 2.15. The molecule has 1 heterocycles. The Kier molecular flexibility index (Phi) is 8.85. The van der Waals surface area contributed by atoms with Crippen LogP contribution < -0.4 is 11.1 Å². The van der Waals surface area contributed by atoms with E-state index in [0.29, 0.717) is 24.5 Å². The number of nitrogens with zero attached hydrogens (tertiary/aromatic N) is 3. The van der Waals surface area contributed by atoms with Crippen LogP contribution in [0.15, 0.2) is 34.3 Å². The van der Waals surface area contributed by atoms with E-state index in [0.717, 1.165) is 28.1 Å². The van der Waals surface area contributed by atoms with Crippen LogP contribution in [0.4, 0.5) is 5.69 Å². The molecule has 0 aliphatic rings. The van der Waals surface area contributed by atoms with Gasteiger partial charge in [-0.1, -0.05) is 37.7 Å². The van der Waals surface area contributed by atoms with Crippen LogP contribution in [0, 0.1) is 5.92 Å². The molecule has 2 amide bonds. The molecule has 2 aromatic rings. The number of amides is 2. The minimum Gasteiger partial charge on any atom is -0.370 e. The highest BCUT2D eigenvalue weighted by molar-refractivity contribution is 7.99. The molecule has 3 N–H and O–H groups in total. The van der Waals surface area contributed by atoms with Crippen molar-refractivity contribution in [3.05, 3.63) is 30.1 Å². The third kappa shape index (κ3) is 6.87. The maximum absolute atomic E-state index is 12.3. The van der Waals surface area contributed by atoms with Gasteiger partial charge in [0.15, 0.2) is 5.16 Å². The van der Waals surface area contributed by atoms with E-state index in [1.807, 2.05) is 35.1 Å². The lowest BCUT2D eigenvalue weighted by atomic mass is 10.2. The third-order valence-corrected chi connectivity index (χ3v) is 5.64. The van der Waals surface area contributed by atoms with Crippen LogP contribution in [0.1, 0.15) is 32.5 Å². The summed E-state index contributed by atoms with van der Waals surface area (Å²) >= 11 is 3.10. The normalized spacial score (nSPS) is 11.0. The van der Waals surface area contributed by atoms with Crippen molar-refractivity contribution in [2.75, 3.05) is 17.3 Å². The Bertz CT molecular complexity index is 807. The molecule has 1 aromatic heterocycles. The average molecular weight is 422 g/mol. The van der Waals surface area contributed by atoms with Crippen LogP contribution in [0.5, 0.6) is 0 Å².